The SMILES string of the molecule is CC(Cc1cccc(Br)c1)C1CC1C(=O)O. The highest BCUT2D eigenvalue weighted by molar-refractivity contribution is 9.10. The van der Waals surface area contributed by atoms with Crippen LogP contribution < -0.4 is 0 Å². The van der Waals surface area contributed by atoms with Crippen LogP contribution in [0.2, 0.25) is 0 Å². The van der Waals surface area contributed by atoms with Gasteiger partial charge in [0, 0.05) is 4.47 Å². The van der Waals surface area contributed by atoms with E-state index >= 15 is 0 Å². The van der Waals surface area contributed by atoms with E-state index in [4.69, 9.17) is 5.11 Å². The number of carboxylic acids is 1. The number of carboxylic acid groups (broad SMARTS) is 1. The third-order valence-electron chi connectivity index (χ3n) is 3.33. The van der Waals surface area contributed by atoms with Gasteiger partial charge in [-0.2, -0.15) is 0 Å². The van der Waals surface area contributed by atoms with Crippen LogP contribution in [0, 0.1) is 17.8 Å². The predicted octanol–water partition coefficient (Wildman–Crippen LogP) is 3.35. The molecule has 0 aromatic heterocycles. The van der Waals surface area contributed by atoms with Crippen molar-refractivity contribution in [1.29, 1.82) is 0 Å². The lowest BCUT2D eigenvalue weighted by atomic mass is 9.95. The van der Waals surface area contributed by atoms with E-state index in [-0.39, 0.29) is 5.92 Å². The Morgan fingerprint density at radius 1 is 1.62 bits per heavy atom. The Balaban J connectivity index is 1.93. The molecule has 1 saturated carbocycles. The minimum Gasteiger partial charge on any atom is -0.481 e. The summed E-state index contributed by atoms with van der Waals surface area (Å²) in [4.78, 5) is 10.8. The van der Waals surface area contributed by atoms with Gasteiger partial charge in [-0.3, -0.25) is 4.79 Å². The van der Waals surface area contributed by atoms with Gasteiger partial charge in [0.2, 0.25) is 0 Å². The van der Waals surface area contributed by atoms with Crippen LogP contribution in [0.3, 0.4) is 0 Å². The molecule has 0 aliphatic heterocycles. The van der Waals surface area contributed by atoms with Gasteiger partial charge in [-0.15, -0.1) is 0 Å². The molecule has 2 rings (SSSR count). The van der Waals surface area contributed by atoms with Crippen molar-refractivity contribution in [1.82, 2.24) is 0 Å². The van der Waals surface area contributed by atoms with Crippen LogP contribution >= 0.6 is 15.9 Å². The number of halogens is 1. The molecule has 0 saturated heterocycles. The zero-order chi connectivity index (χ0) is 11.7. The normalized spacial score (nSPS) is 25.1. The fraction of sp³-hybridized carbons (Fsp3) is 0.462. The number of aliphatic carboxylic acids is 1. The van der Waals surface area contributed by atoms with Gasteiger partial charge in [-0.1, -0.05) is 35.0 Å². The number of hydrogen-bond donors (Lipinski definition) is 1. The first-order chi connectivity index (χ1) is 7.58. The Labute approximate surface area is 104 Å². The highest BCUT2D eigenvalue weighted by atomic mass is 79.9. The average molecular weight is 283 g/mol. The Bertz CT molecular complexity index is 403. The number of hydrogen-bond acceptors (Lipinski definition) is 1. The van der Waals surface area contributed by atoms with Crippen LogP contribution in [0.15, 0.2) is 28.7 Å². The minimum absolute atomic E-state index is 0.0952. The van der Waals surface area contributed by atoms with E-state index in [1.807, 2.05) is 12.1 Å². The molecule has 1 N–H and O–H groups in total. The Morgan fingerprint density at radius 2 is 2.38 bits per heavy atom. The zero-order valence-corrected chi connectivity index (χ0v) is 10.8. The maximum atomic E-state index is 10.8. The van der Waals surface area contributed by atoms with E-state index in [0.717, 1.165) is 17.3 Å². The summed E-state index contributed by atoms with van der Waals surface area (Å²) < 4.78 is 1.09. The lowest BCUT2D eigenvalue weighted by Gasteiger charge is -2.10. The standard InChI is InChI=1S/C13H15BrO2/c1-8(11-7-12(11)13(15)16)5-9-3-2-4-10(14)6-9/h2-4,6,8,11-12H,5,7H2,1H3,(H,15,16). The van der Waals surface area contributed by atoms with Crippen LogP contribution in [-0.2, 0) is 11.2 Å². The highest BCUT2D eigenvalue weighted by Crippen LogP contribution is 2.45. The van der Waals surface area contributed by atoms with Crippen molar-refractivity contribution in [2.75, 3.05) is 0 Å². The second-order valence-corrected chi connectivity index (χ2v) is 5.57. The third kappa shape index (κ3) is 2.64. The fourth-order valence-electron chi connectivity index (χ4n) is 2.31. The van der Waals surface area contributed by atoms with Crippen molar-refractivity contribution in [2.45, 2.75) is 19.8 Å². The Morgan fingerprint density at radius 3 is 2.94 bits per heavy atom. The molecule has 3 unspecified atom stereocenters. The summed E-state index contributed by atoms with van der Waals surface area (Å²) in [7, 11) is 0. The van der Waals surface area contributed by atoms with Crippen molar-refractivity contribution >= 4 is 21.9 Å². The third-order valence-corrected chi connectivity index (χ3v) is 3.83. The molecule has 1 aromatic rings. The van der Waals surface area contributed by atoms with E-state index in [1.54, 1.807) is 0 Å². The van der Waals surface area contributed by atoms with Crippen molar-refractivity contribution in [3.05, 3.63) is 34.3 Å². The van der Waals surface area contributed by atoms with Crippen molar-refractivity contribution in [2.24, 2.45) is 17.8 Å². The molecule has 3 atom stereocenters. The van der Waals surface area contributed by atoms with Crippen LogP contribution in [0.5, 0.6) is 0 Å². The number of benzene rings is 1. The van der Waals surface area contributed by atoms with Gasteiger partial charge in [-0.05, 0) is 42.4 Å². The van der Waals surface area contributed by atoms with Gasteiger partial charge in [0.05, 0.1) is 5.92 Å². The summed E-state index contributed by atoms with van der Waals surface area (Å²) in [5.41, 5.74) is 1.28. The van der Waals surface area contributed by atoms with Gasteiger partial charge >= 0.3 is 5.97 Å². The molecule has 86 valence electrons. The second kappa shape index (κ2) is 4.58. The molecule has 2 nitrogen and oxygen atoms in total. The number of rotatable bonds is 4. The molecule has 0 radical (unpaired) electrons. The summed E-state index contributed by atoms with van der Waals surface area (Å²) >= 11 is 3.45. The fourth-order valence-corrected chi connectivity index (χ4v) is 2.76. The maximum absolute atomic E-state index is 10.8. The summed E-state index contributed by atoms with van der Waals surface area (Å²) in [5.74, 6) is 0.0973. The molecule has 0 bridgehead atoms. The molecule has 1 aromatic carbocycles. The molecule has 16 heavy (non-hydrogen) atoms. The molecular weight excluding hydrogens is 268 g/mol. The van der Waals surface area contributed by atoms with E-state index in [1.165, 1.54) is 5.56 Å². The first kappa shape index (κ1) is 11.6. The summed E-state index contributed by atoms with van der Waals surface area (Å²) in [6.45, 7) is 2.15. The molecule has 0 spiro atoms. The quantitative estimate of drug-likeness (QED) is 0.920. The largest absolute Gasteiger partial charge is 0.481 e. The summed E-state index contributed by atoms with van der Waals surface area (Å²) in [6.07, 6.45) is 1.82. The van der Waals surface area contributed by atoms with Crippen LogP contribution in [-0.4, -0.2) is 11.1 Å². The Kier molecular flexibility index (Phi) is 3.33. The monoisotopic (exact) mass is 282 g/mol. The van der Waals surface area contributed by atoms with E-state index < -0.39 is 5.97 Å². The molecule has 1 fully saturated rings. The van der Waals surface area contributed by atoms with Gasteiger partial charge in [0.1, 0.15) is 0 Å². The first-order valence-corrected chi connectivity index (χ1v) is 6.34. The predicted molar refractivity (Wildman–Crippen MR) is 66.2 cm³/mol. The molecule has 0 heterocycles. The van der Waals surface area contributed by atoms with E-state index in [2.05, 4.69) is 35.0 Å². The van der Waals surface area contributed by atoms with E-state index in [9.17, 15) is 4.79 Å². The zero-order valence-electron chi connectivity index (χ0n) is 9.19. The highest BCUT2D eigenvalue weighted by Gasteiger charge is 2.45. The lowest BCUT2D eigenvalue weighted by molar-refractivity contribution is -0.139. The van der Waals surface area contributed by atoms with Gasteiger partial charge in [0.15, 0.2) is 0 Å². The van der Waals surface area contributed by atoms with E-state index in [0.29, 0.717) is 11.8 Å². The number of carbonyl (C=O) groups is 1. The lowest BCUT2D eigenvalue weighted by Crippen LogP contribution is -2.08. The molecular formula is C13H15BrO2. The first-order valence-electron chi connectivity index (χ1n) is 5.55. The molecule has 3 heteroatoms. The van der Waals surface area contributed by atoms with Crippen LogP contribution in [0.25, 0.3) is 0 Å². The second-order valence-electron chi connectivity index (χ2n) is 4.66. The minimum atomic E-state index is -0.633. The van der Waals surface area contributed by atoms with Crippen molar-refractivity contribution < 1.29 is 9.90 Å². The van der Waals surface area contributed by atoms with Gasteiger partial charge in [0.25, 0.3) is 0 Å². The van der Waals surface area contributed by atoms with Crippen LogP contribution in [0.1, 0.15) is 18.9 Å². The smallest absolute Gasteiger partial charge is 0.306 e. The summed E-state index contributed by atoms with van der Waals surface area (Å²) in [6, 6.07) is 8.23. The maximum Gasteiger partial charge on any atom is 0.306 e. The molecule has 0 amide bonds. The Hall–Kier alpha value is -0.830. The van der Waals surface area contributed by atoms with Crippen molar-refractivity contribution in [3.63, 3.8) is 0 Å². The van der Waals surface area contributed by atoms with Gasteiger partial charge in [-0.25, -0.2) is 0 Å². The van der Waals surface area contributed by atoms with Gasteiger partial charge < -0.3 is 5.11 Å². The van der Waals surface area contributed by atoms with Crippen molar-refractivity contribution in [3.8, 4) is 0 Å². The average Bonchev–Trinajstić information content (AvgIpc) is 2.96. The molecule has 1 aliphatic rings. The topological polar surface area (TPSA) is 37.3 Å². The molecule has 1 aliphatic carbocycles. The summed E-state index contributed by atoms with van der Waals surface area (Å²) in [5, 5.41) is 8.88. The van der Waals surface area contributed by atoms with Crippen LogP contribution in [0.4, 0.5) is 0 Å².